The van der Waals surface area contributed by atoms with Crippen molar-refractivity contribution in [1.29, 1.82) is 0 Å². The van der Waals surface area contributed by atoms with Gasteiger partial charge < -0.3 is 15.7 Å². The third kappa shape index (κ3) is 2.84. The Morgan fingerprint density at radius 3 is 2.67 bits per heavy atom. The Labute approximate surface area is 95.5 Å². The van der Waals surface area contributed by atoms with E-state index in [2.05, 4.69) is 0 Å². The summed E-state index contributed by atoms with van der Waals surface area (Å²) in [6.07, 6.45) is 0. The zero-order valence-electron chi connectivity index (χ0n) is 9.07. The standard InChI is InChI=1S/C11H17ClN2O/c1-8(7-15)14(2)10-4-3-9(6-13)11(12)5-10/h3-5,8,15H,6-7,13H2,1-2H3. The van der Waals surface area contributed by atoms with Crippen molar-refractivity contribution in [3.05, 3.63) is 28.8 Å². The Morgan fingerprint density at radius 2 is 2.20 bits per heavy atom. The fourth-order valence-corrected chi connectivity index (χ4v) is 1.55. The maximum Gasteiger partial charge on any atom is 0.0632 e. The van der Waals surface area contributed by atoms with Crippen molar-refractivity contribution in [2.24, 2.45) is 5.73 Å². The molecule has 0 aromatic heterocycles. The first kappa shape index (κ1) is 12.3. The van der Waals surface area contributed by atoms with E-state index < -0.39 is 0 Å². The van der Waals surface area contributed by atoms with E-state index in [0.717, 1.165) is 11.3 Å². The first-order chi connectivity index (χ1) is 7.10. The van der Waals surface area contributed by atoms with E-state index in [1.807, 2.05) is 37.1 Å². The molecule has 1 atom stereocenters. The Balaban J connectivity index is 2.92. The van der Waals surface area contributed by atoms with Gasteiger partial charge in [0, 0.05) is 30.3 Å². The smallest absolute Gasteiger partial charge is 0.0632 e. The summed E-state index contributed by atoms with van der Waals surface area (Å²) in [5.41, 5.74) is 7.45. The Bertz CT molecular complexity index is 330. The van der Waals surface area contributed by atoms with Crippen LogP contribution in [0.15, 0.2) is 18.2 Å². The van der Waals surface area contributed by atoms with Crippen LogP contribution in [-0.4, -0.2) is 24.8 Å². The van der Waals surface area contributed by atoms with E-state index in [-0.39, 0.29) is 12.6 Å². The molecule has 0 radical (unpaired) electrons. The number of aliphatic hydroxyl groups excluding tert-OH is 1. The first-order valence-corrected chi connectivity index (χ1v) is 5.30. The maximum atomic E-state index is 9.04. The minimum atomic E-state index is 0.0739. The van der Waals surface area contributed by atoms with Gasteiger partial charge in [-0.1, -0.05) is 17.7 Å². The number of nitrogens with two attached hydrogens (primary N) is 1. The molecule has 1 aromatic rings. The zero-order valence-corrected chi connectivity index (χ0v) is 9.83. The molecule has 0 aliphatic heterocycles. The SMILES string of the molecule is CC(CO)N(C)c1ccc(CN)c(Cl)c1. The van der Waals surface area contributed by atoms with Gasteiger partial charge in [-0.2, -0.15) is 0 Å². The van der Waals surface area contributed by atoms with Crippen molar-refractivity contribution in [2.75, 3.05) is 18.6 Å². The van der Waals surface area contributed by atoms with E-state index in [1.165, 1.54) is 0 Å². The number of aliphatic hydroxyl groups is 1. The minimum absolute atomic E-state index is 0.0739. The highest BCUT2D eigenvalue weighted by atomic mass is 35.5. The van der Waals surface area contributed by atoms with Crippen LogP contribution in [0.3, 0.4) is 0 Å². The second-order valence-electron chi connectivity index (χ2n) is 3.62. The van der Waals surface area contributed by atoms with Crippen LogP contribution in [0.4, 0.5) is 5.69 Å². The highest BCUT2D eigenvalue weighted by molar-refractivity contribution is 6.31. The number of rotatable bonds is 4. The molecule has 1 rings (SSSR count). The van der Waals surface area contributed by atoms with E-state index in [4.69, 9.17) is 22.4 Å². The average Bonchev–Trinajstić information content (AvgIpc) is 2.26. The number of hydrogen-bond donors (Lipinski definition) is 2. The van der Waals surface area contributed by atoms with Crippen LogP contribution >= 0.6 is 11.6 Å². The van der Waals surface area contributed by atoms with E-state index in [9.17, 15) is 0 Å². The molecule has 0 spiro atoms. The van der Waals surface area contributed by atoms with Gasteiger partial charge >= 0.3 is 0 Å². The van der Waals surface area contributed by atoms with Crippen molar-refractivity contribution in [1.82, 2.24) is 0 Å². The number of anilines is 1. The van der Waals surface area contributed by atoms with Gasteiger partial charge in [0.1, 0.15) is 0 Å². The second-order valence-corrected chi connectivity index (χ2v) is 4.03. The van der Waals surface area contributed by atoms with Crippen molar-refractivity contribution >= 4 is 17.3 Å². The average molecular weight is 229 g/mol. The van der Waals surface area contributed by atoms with Gasteiger partial charge in [0.15, 0.2) is 0 Å². The summed E-state index contributed by atoms with van der Waals surface area (Å²) in [7, 11) is 1.93. The molecule has 0 fully saturated rings. The maximum absolute atomic E-state index is 9.04. The predicted molar refractivity (Wildman–Crippen MR) is 64.3 cm³/mol. The molecule has 4 heteroatoms. The molecule has 0 saturated carbocycles. The molecule has 0 aliphatic carbocycles. The van der Waals surface area contributed by atoms with Crippen LogP contribution in [-0.2, 0) is 6.54 Å². The van der Waals surface area contributed by atoms with Crippen LogP contribution in [0.5, 0.6) is 0 Å². The second kappa shape index (κ2) is 5.35. The summed E-state index contributed by atoms with van der Waals surface area (Å²) in [5.74, 6) is 0. The van der Waals surface area contributed by atoms with Crippen LogP contribution in [0, 0.1) is 0 Å². The van der Waals surface area contributed by atoms with Gasteiger partial charge in [0.05, 0.1) is 6.61 Å². The normalized spacial score (nSPS) is 12.6. The molecule has 3 nitrogen and oxygen atoms in total. The Kier molecular flexibility index (Phi) is 4.39. The minimum Gasteiger partial charge on any atom is -0.394 e. The van der Waals surface area contributed by atoms with Gasteiger partial charge in [0.25, 0.3) is 0 Å². The van der Waals surface area contributed by atoms with Gasteiger partial charge in [-0.05, 0) is 24.6 Å². The van der Waals surface area contributed by atoms with Crippen molar-refractivity contribution in [3.63, 3.8) is 0 Å². The summed E-state index contributed by atoms with van der Waals surface area (Å²) in [4.78, 5) is 1.98. The molecule has 0 heterocycles. The van der Waals surface area contributed by atoms with Crippen molar-refractivity contribution in [2.45, 2.75) is 19.5 Å². The number of nitrogens with zero attached hydrogens (tertiary/aromatic N) is 1. The Hall–Kier alpha value is -0.770. The molecule has 1 unspecified atom stereocenters. The zero-order chi connectivity index (χ0) is 11.4. The molecule has 15 heavy (non-hydrogen) atoms. The molecule has 84 valence electrons. The molecular weight excluding hydrogens is 212 g/mol. The quantitative estimate of drug-likeness (QED) is 0.824. The first-order valence-electron chi connectivity index (χ1n) is 4.92. The van der Waals surface area contributed by atoms with E-state index in [0.29, 0.717) is 11.6 Å². The molecule has 0 saturated heterocycles. The van der Waals surface area contributed by atoms with Crippen LogP contribution in [0.2, 0.25) is 5.02 Å². The third-order valence-corrected chi connectivity index (χ3v) is 2.94. The van der Waals surface area contributed by atoms with Gasteiger partial charge in [-0.15, -0.1) is 0 Å². The lowest BCUT2D eigenvalue weighted by Gasteiger charge is -2.25. The lowest BCUT2D eigenvalue weighted by Crippen LogP contribution is -2.31. The monoisotopic (exact) mass is 228 g/mol. The van der Waals surface area contributed by atoms with Gasteiger partial charge in [-0.25, -0.2) is 0 Å². The van der Waals surface area contributed by atoms with Crippen molar-refractivity contribution in [3.8, 4) is 0 Å². The molecule has 1 aromatic carbocycles. The fraction of sp³-hybridized carbons (Fsp3) is 0.455. The molecule has 0 bridgehead atoms. The molecular formula is C11H17ClN2O. The van der Waals surface area contributed by atoms with Crippen molar-refractivity contribution < 1.29 is 5.11 Å². The number of benzene rings is 1. The lowest BCUT2D eigenvalue weighted by atomic mass is 10.2. The van der Waals surface area contributed by atoms with Crippen LogP contribution < -0.4 is 10.6 Å². The van der Waals surface area contributed by atoms with Gasteiger partial charge in [-0.3, -0.25) is 0 Å². The highest BCUT2D eigenvalue weighted by Crippen LogP contribution is 2.23. The Morgan fingerprint density at radius 1 is 1.53 bits per heavy atom. The summed E-state index contributed by atoms with van der Waals surface area (Å²) in [6, 6.07) is 5.82. The fourth-order valence-electron chi connectivity index (χ4n) is 1.30. The summed E-state index contributed by atoms with van der Waals surface area (Å²) >= 11 is 6.05. The lowest BCUT2D eigenvalue weighted by molar-refractivity contribution is 0.270. The number of hydrogen-bond acceptors (Lipinski definition) is 3. The predicted octanol–water partition coefficient (Wildman–Crippen LogP) is 1.62. The number of halogens is 1. The molecule has 3 N–H and O–H groups in total. The van der Waals surface area contributed by atoms with Crippen LogP contribution in [0.25, 0.3) is 0 Å². The topological polar surface area (TPSA) is 49.5 Å². The summed E-state index contributed by atoms with van der Waals surface area (Å²) in [6.45, 7) is 2.51. The summed E-state index contributed by atoms with van der Waals surface area (Å²) in [5, 5.41) is 9.72. The van der Waals surface area contributed by atoms with E-state index in [1.54, 1.807) is 0 Å². The number of likely N-dealkylation sites (N-methyl/N-ethyl adjacent to an activating group) is 1. The highest BCUT2D eigenvalue weighted by Gasteiger charge is 2.09. The van der Waals surface area contributed by atoms with Gasteiger partial charge in [0.2, 0.25) is 0 Å². The van der Waals surface area contributed by atoms with E-state index >= 15 is 0 Å². The van der Waals surface area contributed by atoms with Crippen LogP contribution in [0.1, 0.15) is 12.5 Å². The largest absolute Gasteiger partial charge is 0.394 e. The third-order valence-electron chi connectivity index (χ3n) is 2.59. The summed E-state index contributed by atoms with van der Waals surface area (Å²) < 4.78 is 0. The molecule has 0 aliphatic rings. The molecule has 0 amide bonds.